The zero-order valence-electron chi connectivity index (χ0n) is 13.8. The summed E-state index contributed by atoms with van der Waals surface area (Å²) in [5.74, 6) is 0.0262. The van der Waals surface area contributed by atoms with Gasteiger partial charge in [0.15, 0.2) is 5.76 Å². The van der Waals surface area contributed by atoms with Crippen molar-refractivity contribution in [2.45, 2.75) is 6.61 Å². The quantitative estimate of drug-likeness (QED) is 0.573. The van der Waals surface area contributed by atoms with Crippen molar-refractivity contribution in [1.29, 1.82) is 0 Å². The highest BCUT2D eigenvalue weighted by molar-refractivity contribution is 6.10. The van der Waals surface area contributed by atoms with Crippen molar-refractivity contribution in [2.75, 3.05) is 12.4 Å². The molecule has 0 radical (unpaired) electrons. The molecule has 4 aromatic rings. The smallest absolute Gasteiger partial charge is 0.291 e. The molecule has 0 bridgehead atoms. The normalized spacial score (nSPS) is 11.1. The molecule has 0 fully saturated rings. The van der Waals surface area contributed by atoms with Crippen molar-refractivity contribution in [3.63, 3.8) is 0 Å². The van der Waals surface area contributed by atoms with Gasteiger partial charge in [0, 0.05) is 18.2 Å². The van der Waals surface area contributed by atoms with Gasteiger partial charge in [0.2, 0.25) is 0 Å². The highest BCUT2D eigenvalue weighted by atomic mass is 16.5. The zero-order valence-corrected chi connectivity index (χ0v) is 13.8. The number of hydrogen-bond donors (Lipinski definition) is 1. The molecule has 1 N–H and O–H groups in total. The predicted octanol–water partition coefficient (Wildman–Crippen LogP) is 4.98. The zero-order chi connectivity index (χ0) is 17.2. The number of ether oxygens (including phenoxy) is 1. The first-order valence-electron chi connectivity index (χ1n) is 8.05. The third-order valence-electron chi connectivity index (χ3n) is 4.15. The number of benzene rings is 3. The van der Waals surface area contributed by atoms with Crippen LogP contribution in [0.1, 0.15) is 16.1 Å². The van der Waals surface area contributed by atoms with Gasteiger partial charge >= 0.3 is 0 Å². The summed E-state index contributed by atoms with van der Waals surface area (Å²) < 4.78 is 10.9. The average Bonchev–Trinajstić information content (AvgIpc) is 3.07. The molecule has 1 aromatic heterocycles. The Morgan fingerprint density at radius 1 is 1.00 bits per heavy atom. The lowest BCUT2D eigenvalue weighted by molar-refractivity contribution is 0.0998. The van der Waals surface area contributed by atoms with Crippen LogP contribution in [0.2, 0.25) is 0 Å². The second-order valence-corrected chi connectivity index (χ2v) is 5.90. The lowest BCUT2D eigenvalue weighted by Gasteiger charge is -2.05. The molecule has 0 aliphatic heterocycles. The number of anilines is 1. The molecule has 4 nitrogen and oxygen atoms in total. The van der Waals surface area contributed by atoms with Crippen LogP contribution in [-0.4, -0.2) is 13.0 Å². The van der Waals surface area contributed by atoms with E-state index in [1.807, 2.05) is 60.7 Å². The molecule has 1 amide bonds. The molecular weight excluding hydrogens is 314 g/mol. The summed E-state index contributed by atoms with van der Waals surface area (Å²) in [7, 11) is 1.64. The summed E-state index contributed by atoms with van der Waals surface area (Å²) in [6, 6.07) is 21.3. The Morgan fingerprint density at radius 3 is 2.76 bits per heavy atom. The van der Waals surface area contributed by atoms with Crippen LogP contribution in [0.5, 0.6) is 0 Å². The first-order valence-corrected chi connectivity index (χ1v) is 8.05. The lowest BCUT2D eigenvalue weighted by Crippen LogP contribution is -2.10. The molecule has 0 aliphatic carbocycles. The van der Waals surface area contributed by atoms with Crippen molar-refractivity contribution >= 4 is 33.3 Å². The highest BCUT2D eigenvalue weighted by Gasteiger charge is 2.14. The summed E-state index contributed by atoms with van der Waals surface area (Å²) in [4.78, 5) is 12.6. The Kier molecular flexibility index (Phi) is 3.96. The fourth-order valence-electron chi connectivity index (χ4n) is 3.00. The number of nitrogens with one attached hydrogen (secondary N) is 1. The van der Waals surface area contributed by atoms with Gasteiger partial charge in [0.25, 0.3) is 5.91 Å². The van der Waals surface area contributed by atoms with E-state index in [0.29, 0.717) is 23.6 Å². The van der Waals surface area contributed by atoms with E-state index in [0.717, 1.165) is 21.7 Å². The topological polar surface area (TPSA) is 51.5 Å². The standard InChI is InChI=1S/C21H17NO3/c1-24-13-14-5-4-7-16(11-14)22-21(23)20-12-18-17-8-3-2-6-15(17)9-10-19(18)25-20/h2-12H,13H2,1H3,(H,22,23). The first kappa shape index (κ1) is 15.4. The molecule has 0 unspecified atom stereocenters. The van der Waals surface area contributed by atoms with Crippen LogP contribution in [0.4, 0.5) is 5.69 Å². The fourth-order valence-corrected chi connectivity index (χ4v) is 3.00. The maximum atomic E-state index is 12.6. The number of methoxy groups -OCH3 is 1. The van der Waals surface area contributed by atoms with Gasteiger partial charge in [-0.15, -0.1) is 0 Å². The molecule has 124 valence electrons. The van der Waals surface area contributed by atoms with Crippen LogP contribution >= 0.6 is 0 Å². The number of furan rings is 1. The Morgan fingerprint density at radius 2 is 1.88 bits per heavy atom. The second-order valence-electron chi connectivity index (χ2n) is 5.90. The van der Waals surface area contributed by atoms with Gasteiger partial charge in [0.05, 0.1) is 6.61 Å². The maximum absolute atomic E-state index is 12.6. The molecule has 1 heterocycles. The summed E-state index contributed by atoms with van der Waals surface area (Å²) >= 11 is 0. The van der Waals surface area contributed by atoms with E-state index < -0.39 is 0 Å². The van der Waals surface area contributed by atoms with Crippen LogP contribution in [0.25, 0.3) is 21.7 Å². The van der Waals surface area contributed by atoms with Crippen LogP contribution in [0, 0.1) is 0 Å². The SMILES string of the molecule is COCc1cccc(NC(=O)c2cc3c(ccc4ccccc43)o2)c1. The Hall–Kier alpha value is -3.11. The maximum Gasteiger partial charge on any atom is 0.291 e. The van der Waals surface area contributed by atoms with Crippen LogP contribution in [0.15, 0.2) is 71.1 Å². The minimum Gasteiger partial charge on any atom is -0.451 e. The van der Waals surface area contributed by atoms with Crippen molar-refractivity contribution in [3.8, 4) is 0 Å². The van der Waals surface area contributed by atoms with Gasteiger partial charge < -0.3 is 14.5 Å². The average molecular weight is 331 g/mol. The van der Waals surface area contributed by atoms with E-state index in [-0.39, 0.29) is 5.91 Å². The van der Waals surface area contributed by atoms with Crippen LogP contribution in [0.3, 0.4) is 0 Å². The molecule has 4 heteroatoms. The number of rotatable bonds is 4. The first-order chi connectivity index (χ1) is 12.2. The molecular formula is C21H17NO3. The molecule has 3 aromatic carbocycles. The van der Waals surface area contributed by atoms with Crippen molar-refractivity contribution in [3.05, 3.63) is 78.1 Å². The summed E-state index contributed by atoms with van der Waals surface area (Å²) in [6.07, 6.45) is 0. The molecule has 25 heavy (non-hydrogen) atoms. The van der Waals surface area contributed by atoms with E-state index in [1.54, 1.807) is 13.2 Å². The number of carbonyl (C=O) groups is 1. The van der Waals surface area contributed by atoms with Crippen molar-refractivity contribution in [2.24, 2.45) is 0 Å². The van der Waals surface area contributed by atoms with Gasteiger partial charge in [-0.05, 0) is 40.6 Å². The Bertz CT molecular complexity index is 1070. The van der Waals surface area contributed by atoms with E-state index in [2.05, 4.69) is 5.32 Å². The number of amides is 1. The van der Waals surface area contributed by atoms with Crippen LogP contribution in [-0.2, 0) is 11.3 Å². The van der Waals surface area contributed by atoms with Gasteiger partial charge in [-0.2, -0.15) is 0 Å². The van der Waals surface area contributed by atoms with Crippen molar-refractivity contribution in [1.82, 2.24) is 0 Å². The third kappa shape index (κ3) is 2.99. The molecule has 0 aliphatic rings. The molecule has 0 saturated heterocycles. The molecule has 0 atom stereocenters. The second kappa shape index (κ2) is 6.42. The Balaban J connectivity index is 1.66. The molecule has 4 rings (SSSR count). The third-order valence-corrected chi connectivity index (χ3v) is 4.15. The van der Waals surface area contributed by atoms with Crippen LogP contribution < -0.4 is 5.32 Å². The monoisotopic (exact) mass is 331 g/mol. The van der Waals surface area contributed by atoms with Gasteiger partial charge in [-0.1, -0.05) is 42.5 Å². The predicted molar refractivity (Wildman–Crippen MR) is 98.8 cm³/mol. The van der Waals surface area contributed by atoms with Gasteiger partial charge in [-0.3, -0.25) is 4.79 Å². The largest absolute Gasteiger partial charge is 0.451 e. The molecule has 0 spiro atoms. The summed E-state index contributed by atoms with van der Waals surface area (Å²) in [5, 5.41) is 6.01. The van der Waals surface area contributed by atoms with Crippen molar-refractivity contribution < 1.29 is 13.9 Å². The van der Waals surface area contributed by atoms with E-state index in [9.17, 15) is 4.79 Å². The van der Waals surface area contributed by atoms with E-state index >= 15 is 0 Å². The lowest BCUT2D eigenvalue weighted by atomic mass is 10.1. The summed E-state index contributed by atoms with van der Waals surface area (Å²) in [5.41, 5.74) is 2.41. The minimum atomic E-state index is -0.269. The fraction of sp³-hybridized carbons (Fsp3) is 0.0952. The Labute approximate surface area is 145 Å². The molecule has 0 saturated carbocycles. The number of hydrogen-bond acceptors (Lipinski definition) is 3. The number of carbonyl (C=O) groups excluding carboxylic acids is 1. The highest BCUT2D eigenvalue weighted by Crippen LogP contribution is 2.28. The van der Waals surface area contributed by atoms with Gasteiger partial charge in [-0.25, -0.2) is 0 Å². The summed E-state index contributed by atoms with van der Waals surface area (Å²) in [6.45, 7) is 0.500. The minimum absolute atomic E-state index is 0.269. The number of fused-ring (bicyclic) bond motifs is 3. The van der Waals surface area contributed by atoms with E-state index in [4.69, 9.17) is 9.15 Å². The van der Waals surface area contributed by atoms with Gasteiger partial charge in [0.1, 0.15) is 5.58 Å². The van der Waals surface area contributed by atoms with E-state index in [1.165, 1.54) is 0 Å².